The third-order valence-electron chi connectivity index (χ3n) is 2.72. The van der Waals surface area contributed by atoms with Gasteiger partial charge >= 0.3 is 11.7 Å². The van der Waals surface area contributed by atoms with E-state index in [0.29, 0.717) is 16.7 Å². The quantitative estimate of drug-likeness (QED) is 0.810. The van der Waals surface area contributed by atoms with Crippen LogP contribution in [-0.4, -0.2) is 17.1 Å². The fourth-order valence-corrected chi connectivity index (χ4v) is 1.71. The molecular weight excluding hydrogens is 236 g/mol. The van der Waals surface area contributed by atoms with Crippen LogP contribution in [0, 0.1) is 0 Å². The first-order chi connectivity index (χ1) is 8.54. The number of nitrogens with two attached hydrogens (primary N) is 1. The van der Waals surface area contributed by atoms with Gasteiger partial charge in [-0.25, -0.2) is 9.59 Å². The molecule has 0 saturated carbocycles. The summed E-state index contributed by atoms with van der Waals surface area (Å²) in [6.07, 6.45) is 0. The number of hydrogen-bond donors (Lipinski definition) is 1. The number of ether oxygens (including phenoxy) is 1. The Kier molecular flexibility index (Phi) is 3.20. The van der Waals surface area contributed by atoms with Crippen LogP contribution >= 0.6 is 0 Å². The van der Waals surface area contributed by atoms with Crippen LogP contribution in [0.15, 0.2) is 27.4 Å². The van der Waals surface area contributed by atoms with Crippen LogP contribution in [-0.2, 0) is 16.6 Å². The van der Waals surface area contributed by atoms with E-state index < -0.39 is 17.8 Å². The minimum atomic E-state index is -0.862. The molecule has 0 bridgehead atoms. The lowest BCUT2D eigenvalue weighted by Gasteiger charge is -2.10. The van der Waals surface area contributed by atoms with Gasteiger partial charge in [0.05, 0.1) is 12.1 Å². The second kappa shape index (κ2) is 4.66. The van der Waals surface area contributed by atoms with Gasteiger partial charge in [0.15, 0.2) is 5.58 Å². The van der Waals surface area contributed by atoms with Gasteiger partial charge < -0.3 is 14.9 Å². The van der Waals surface area contributed by atoms with Gasteiger partial charge in [-0.3, -0.25) is 4.57 Å². The number of carbonyl (C=O) groups excluding carboxylic acids is 1. The van der Waals surface area contributed by atoms with Gasteiger partial charge in [-0.05, 0) is 24.6 Å². The van der Waals surface area contributed by atoms with E-state index in [1.807, 2.05) is 0 Å². The molecule has 2 rings (SSSR count). The number of oxazole rings is 1. The molecule has 96 valence electrons. The average molecular weight is 250 g/mol. The van der Waals surface area contributed by atoms with E-state index in [1.165, 1.54) is 4.57 Å². The van der Waals surface area contributed by atoms with E-state index in [4.69, 9.17) is 14.9 Å². The predicted molar refractivity (Wildman–Crippen MR) is 65.0 cm³/mol. The summed E-state index contributed by atoms with van der Waals surface area (Å²) in [5, 5.41) is 0. The largest absolute Gasteiger partial charge is 0.465 e. The fourth-order valence-electron chi connectivity index (χ4n) is 1.71. The minimum absolute atomic E-state index is 0.277. The number of carbonyl (C=O) groups is 1. The first kappa shape index (κ1) is 12.4. The van der Waals surface area contributed by atoms with Crippen molar-refractivity contribution in [3.8, 4) is 0 Å². The number of hydrogen-bond acceptors (Lipinski definition) is 5. The summed E-state index contributed by atoms with van der Waals surface area (Å²) in [6, 6.07) is 4.05. The smallest absolute Gasteiger partial charge is 0.419 e. The standard InChI is InChI=1S/C12H14N2O4/c1-3-17-11(15)10(13)7-4-5-9-8(6-7)14(2)12(16)18-9/h4-6,10H,3,13H2,1-2H3. The Balaban J connectivity index is 2.43. The Bertz CT molecular complexity index is 641. The molecular formula is C12H14N2O4. The fraction of sp³-hybridized carbons (Fsp3) is 0.333. The Morgan fingerprint density at radius 1 is 1.56 bits per heavy atom. The second-order valence-corrected chi connectivity index (χ2v) is 3.88. The first-order valence-electron chi connectivity index (χ1n) is 5.56. The highest BCUT2D eigenvalue weighted by Crippen LogP contribution is 2.19. The van der Waals surface area contributed by atoms with E-state index >= 15 is 0 Å². The van der Waals surface area contributed by atoms with Gasteiger partial charge in [-0.15, -0.1) is 0 Å². The van der Waals surface area contributed by atoms with Crippen LogP contribution in [0.3, 0.4) is 0 Å². The molecule has 0 radical (unpaired) electrons. The summed E-state index contributed by atoms with van der Waals surface area (Å²) >= 11 is 0. The average Bonchev–Trinajstić information content (AvgIpc) is 2.64. The summed E-state index contributed by atoms with van der Waals surface area (Å²) in [7, 11) is 1.59. The highest BCUT2D eigenvalue weighted by molar-refractivity contribution is 5.80. The summed E-state index contributed by atoms with van der Waals surface area (Å²) in [5.74, 6) is -0.947. The zero-order chi connectivity index (χ0) is 13.3. The molecule has 0 saturated heterocycles. The molecule has 0 spiro atoms. The molecule has 1 heterocycles. The van der Waals surface area contributed by atoms with E-state index in [9.17, 15) is 9.59 Å². The molecule has 18 heavy (non-hydrogen) atoms. The molecule has 2 N–H and O–H groups in total. The molecule has 1 atom stereocenters. The van der Waals surface area contributed by atoms with Crippen LogP contribution in [0.4, 0.5) is 0 Å². The van der Waals surface area contributed by atoms with E-state index in [1.54, 1.807) is 32.2 Å². The lowest BCUT2D eigenvalue weighted by atomic mass is 10.1. The summed E-state index contributed by atoms with van der Waals surface area (Å²) in [6.45, 7) is 1.99. The monoisotopic (exact) mass is 250 g/mol. The lowest BCUT2D eigenvalue weighted by molar-refractivity contribution is -0.144. The van der Waals surface area contributed by atoms with E-state index in [0.717, 1.165) is 0 Å². The van der Waals surface area contributed by atoms with Gasteiger partial charge in [0.25, 0.3) is 0 Å². The summed E-state index contributed by atoms with van der Waals surface area (Å²) in [5.41, 5.74) is 7.42. The molecule has 0 aliphatic carbocycles. The maximum Gasteiger partial charge on any atom is 0.419 e. The number of benzene rings is 1. The SMILES string of the molecule is CCOC(=O)C(N)c1ccc2oc(=O)n(C)c2c1. The molecule has 0 aliphatic rings. The summed E-state index contributed by atoms with van der Waals surface area (Å²) in [4.78, 5) is 22.9. The molecule has 0 aliphatic heterocycles. The van der Waals surface area contributed by atoms with Crippen LogP contribution < -0.4 is 11.5 Å². The van der Waals surface area contributed by atoms with Gasteiger partial charge in [0.1, 0.15) is 6.04 Å². The topological polar surface area (TPSA) is 87.5 Å². The lowest BCUT2D eigenvalue weighted by Crippen LogP contribution is -2.23. The van der Waals surface area contributed by atoms with Crippen molar-refractivity contribution in [3.05, 3.63) is 34.3 Å². The predicted octanol–water partition coefficient (Wildman–Crippen LogP) is 0.694. The van der Waals surface area contributed by atoms with Crippen LogP contribution in [0.1, 0.15) is 18.5 Å². The molecule has 0 amide bonds. The molecule has 0 fully saturated rings. The van der Waals surface area contributed by atoms with Crippen molar-refractivity contribution < 1.29 is 13.9 Å². The zero-order valence-corrected chi connectivity index (χ0v) is 10.2. The molecule has 1 aromatic heterocycles. The van der Waals surface area contributed by atoms with Crippen molar-refractivity contribution >= 4 is 17.1 Å². The third-order valence-corrected chi connectivity index (χ3v) is 2.72. The minimum Gasteiger partial charge on any atom is -0.465 e. The Morgan fingerprint density at radius 3 is 2.94 bits per heavy atom. The van der Waals surface area contributed by atoms with Crippen LogP contribution in [0.5, 0.6) is 0 Å². The maximum atomic E-state index is 11.5. The Morgan fingerprint density at radius 2 is 2.28 bits per heavy atom. The van der Waals surface area contributed by atoms with Gasteiger partial charge in [-0.2, -0.15) is 0 Å². The Hall–Kier alpha value is -2.08. The van der Waals surface area contributed by atoms with Crippen molar-refractivity contribution in [1.29, 1.82) is 0 Å². The molecule has 1 aromatic carbocycles. The molecule has 6 heteroatoms. The number of rotatable bonds is 3. The third kappa shape index (κ3) is 2.02. The van der Waals surface area contributed by atoms with Gasteiger partial charge in [0.2, 0.25) is 0 Å². The highest BCUT2D eigenvalue weighted by Gasteiger charge is 2.18. The molecule has 2 aromatic rings. The molecule has 6 nitrogen and oxygen atoms in total. The van der Waals surface area contributed by atoms with Gasteiger partial charge in [-0.1, -0.05) is 6.07 Å². The van der Waals surface area contributed by atoms with Crippen LogP contribution in [0.25, 0.3) is 11.1 Å². The highest BCUT2D eigenvalue weighted by atomic mass is 16.5. The first-order valence-corrected chi connectivity index (χ1v) is 5.56. The summed E-state index contributed by atoms with van der Waals surface area (Å²) < 4.78 is 11.2. The number of aromatic nitrogens is 1. The number of esters is 1. The second-order valence-electron chi connectivity index (χ2n) is 3.88. The van der Waals surface area contributed by atoms with Crippen molar-refractivity contribution in [2.45, 2.75) is 13.0 Å². The van der Waals surface area contributed by atoms with Crippen molar-refractivity contribution in [2.24, 2.45) is 12.8 Å². The number of fused-ring (bicyclic) bond motifs is 1. The number of nitrogens with zero attached hydrogens (tertiary/aromatic N) is 1. The van der Waals surface area contributed by atoms with Crippen molar-refractivity contribution in [2.75, 3.05) is 6.61 Å². The van der Waals surface area contributed by atoms with Crippen molar-refractivity contribution in [1.82, 2.24) is 4.57 Å². The van der Waals surface area contributed by atoms with Crippen LogP contribution in [0.2, 0.25) is 0 Å². The Labute approximate surface area is 103 Å². The zero-order valence-electron chi connectivity index (χ0n) is 10.2. The van der Waals surface area contributed by atoms with Crippen molar-refractivity contribution in [3.63, 3.8) is 0 Å². The number of aryl methyl sites for hydroxylation is 1. The normalized spacial score (nSPS) is 12.6. The maximum absolute atomic E-state index is 11.5. The van der Waals surface area contributed by atoms with Gasteiger partial charge in [0, 0.05) is 7.05 Å². The van der Waals surface area contributed by atoms with E-state index in [2.05, 4.69) is 0 Å². The molecule has 1 unspecified atom stereocenters. The van der Waals surface area contributed by atoms with E-state index in [-0.39, 0.29) is 6.61 Å².